The van der Waals surface area contributed by atoms with Crippen LogP contribution in [0.3, 0.4) is 0 Å². The zero-order chi connectivity index (χ0) is 14.1. The van der Waals surface area contributed by atoms with Gasteiger partial charge in [-0.15, -0.1) is 22.2 Å². The summed E-state index contributed by atoms with van der Waals surface area (Å²) in [7, 11) is 0. The van der Waals surface area contributed by atoms with Gasteiger partial charge in [0.2, 0.25) is 0 Å². The molecule has 0 aromatic carbocycles. The van der Waals surface area contributed by atoms with Crippen LogP contribution < -0.4 is 0 Å². The molecular weight excluding hydrogens is 283 g/mol. The van der Waals surface area contributed by atoms with Crippen molar-refractivity contribution in [1.82, 2.24) is 0 Å². The van der Waals surface area contributed by atoms with Gasteiger partial charge >= 0.3 is 6.94 Å². The Hall–Kier alpha value is 0.757. The van der Waals surface area contributed by atoms with Crippen molar-refractivity contribution in [1.29, 1.82) is 0 Å². The van der Waals surface area contributed by atoms with Crippen LogP contribution in [0.15, 0.2) is 0 Å². The van der Waals surface area contributed by atoms with E-state index in [1.807, 2.05) is 0 Å². The first-order valence-electron chi connectivity index (χ1n) is 7.10. The predicted octanol–water partition coefficient (Wildman–Crippen LogP) is 5.68. The minimum Gasteiger partial charge on any atom is -0.389 e. The van der Waals surface area contributed by atoms with Crippen molar-refractivity contribution >= 4 is 29.1 Å². The van der Waals surface area contributed by atoms with Crippen LogP contribution in [-0.2, 0) is 4.43 Å². The van der Waals surface area contributed by atoms with Gasteiger partial charge in [0.1, 0.15) is 0 Å². The molecule has 108 valence electrons. The van der Waals surface area contributed by atoms with Crippen LogP contribution in [-0.4, -0.2) is 13.0 Å². The fourth-order valence-electron chi connectivity index (χ4n) is 2.62. The maximum atomic E-state index is 6.55. The Bertz CT molecular complexity index is 273. The largest absolute Gasteiger partial charge is 0.395 e. The number of hydrogen-bond acceptors (Lipinski definition) is 1. The summed E-state index contributed by atoms with van der Waals surface area (Å²) in [6.07, 6.45) is 3.89. The summed E-state index contributed by atoms with van der Waals surface area (Å²) in [6.45, 7) is 10.4. The highest BCUT2D eigenvalue weighted by Gasteiger charge is 2.48. The van der Waals surface area contributed by atoms with Crippen molar-refractivity contribution in [3.8, 4) is 0 Å². The molecule has 1 rings (SSSR count). The predicted molar refractivity (Wildman–Crippen MR) is 83.4 cm³/mol. The molecule has 0 spiro atoms. The van der Waals surface area contributed by atoms with Crippen molar-refractivity contribution in [2.75, 3.05) is 0 Å². The van der Waals surface area contributed by atoms with E-state index in [1.54, 1.807) is 0 Å². The first kappa shape index (κ1) is 16.8. The van der Waals surface area contributed by atoms with Crippen LogP contribution in [0, 0.1) is 17.8 Å². The Labute approximate surface area is 123 Å². The van der Waals surface area contributed by atoms with Gasteiger partial charge in [-0.1, -0.05) is 48.0 Å². The topological polar surface area (TPSA) is 9.23 Å². The molecule has 0 amide bonds. The molecular formula is C14H28Cl2OSi. The van der Waals surface area contributed by atoms with Gasteiger partial charge in [0.05, 0.1) is 6.10 Å². The van der Waals surface area contributed by atoms with Crippen molar-refractivity contribution in [2.45, 2.75) is 71.9 Å². The molecule has 1 aliphatic carbocycles. The Kier molecular flexibility index (Phi) is 5.63. The molecule has 0 radical (unpaired) electrons. The summed E-state index contributed by atoms with van der Waals surface area (Å²) in [5.41, 5.74) is 0. The van der Waals surface area contributed by atoms with Gasteiger partial charge in [0.25, 0.3) is 0 Å². The molecule has 18 heavy (non-hydrogen) atoms. The van der Waals surface area contributed by atoms with Crippen molar-refractivity contribution in [2.24, 2.45) is 17.8 Å². The van der Waals surface area contributed by atoms with Gasteiger partial charge in [0.15, 0.2) is 0 Å². The molecule has 1 aliphatic rings. The molecule has 3 atom stereocenters. The number of hydrogen-bond donors (Lipinski definition) is 0. The second-order valence-electron chi connectivity index (χ2n) is 7.25. The minimum absolute atomic E-state index is 0.141. The first-order chi connectivity index (χ1) is 8.04. The molecule has 0 heterocycles. The highest BCUT2D eigenvalue weighted by Crippen LogP contribution is 2.46. The lowest BCUT2D eigenvalue weighted by Crippen LogP contribution is -2.45. The summed E-state index contributed by atoms with van der Waals surface area (Å²) in [5.74, 6) is 1.97. The van der Waals surface area contributed by atoms with E-state index in [1.165, 1.54) is 12.8 Å². The van der Waals surface area contributed by atoms with E-state index in [0.717, 1.165) is 12.3 Å². The van der Waals surface area contributed by atoms with Gasteiger partial charge < -0.3 is 4.43 Å². The highest BCUT2D eigenvalue weighted by atomic mass is 35.7. The maximum Gasteiger partial charge on any atom is 0.395 e. The summed E-state index contributed by atoms with van der Waals surface area (Å²) in [6, 6.07) is 0. The maximum absolute atomic E-state index is 6.55. The standard InChI is InChI=1S/C14H28Cl2OSi/c1-10(2)12-8-7-11(3)9-13(12)17-18(15,16)14(4,5)6/h10-13H,7-9H2,1-6H3/t11-,12+,13-/m1/s1. The van der Waals surface area contributed by atoms with E-state index < -0.39 is 6.94 Å². The second-order valence-corrected chi connectivity index (χ2v) is 13.8. The zero-order valence-corrected chi connectivity index (χ0v) is 15.1. The van der Waals surface area contributed by atoms with E-state index in [4.69, 9.17) is 26.6 Å². The monoisotopic (exact) mass is 310 g/mol. The number of rotatable bonds is 3. The van der Waals surface area contributed by atoms with Gasteiger partial charge in [-0.25, -0.2) is 0 Å². The third-order valence-corrected chi connectivity index (χ3v) is 10.4. The lowest BCUT2D eigenvalue weighted by Gasteiger charge is -2.42. The van der Waals surface area contributed by atoms with Gasteiger partial charge in [-0.3, -0.25) is 0 Å². The van der Waals surface area contributed by atoms with Crippen LogP contribution in [0.1, 0.15) is 60.8 Å². The van der Waals surface area contributed by atoms with Gasteiger partial charge in [0, 0.05) is 5.04 Å². The summed E-state index contributed by atoms with van der Waals surface area (Å²) >= 11 is 13.1. The van der Waals surface area contributed by atoms with Crippen LogP contribution in [0.4, 0.5) is 0 Å². The normalized spacial score (nSPS) is 30.8. The summed E-state index contributed by atoms with van der Waals surface area (Å²) < 4.78 is 6.26. The lowest BCUT2D eigenvalue weighted by atomic mass is 9.75. The quantitative estimate of drug-likeness (QED) is 0.481. The van der Waals surface area contributed by atoms with Crippen LogP contribution in [0.25, 0.3) is 0 Å². The molecule has 0 N–H and O–H groups in total. The summed E-state index contributed by atoms with van der Waals surface area (Å²) in [4.78, 5) is 0. The van der Waals surface area contributed by atoms with Crippen molar-refractivity contribution in [3.63, 3.8) is 0 Å². The fourth-order valence-corrected chi connectivity index (χ4v) is 4.31. The van der Waals surface area contributed by atoms with Crippen LogP contribution in [0.2, 0.25) is 5.04 Å². The van der Waals surface area contributed by atoms with E-state index in [0.29, 0.717) is 11.8 Å². The van der Waals surface area contributed by atoms with E-state index >= 15 is 0 Å². The lowest BCUT2D eigenvalue weighted by molar-refractivity contribution is 0.0416. The smallest absolute Gasteiger partial charge is 0.389 e. The van der Waals surface area contributed by atoms with Crippen molar-refractivity contribution < 1.29 is 4.43 Å². The van der Waals surface area contributed by atoms with Crippen LogP contribution in [0.5, 0.6) is 0 Å². The molecule has 0 aliphatic heterocycles. The molecule has 1 nitrogen and oxygen atoms in total. The SMILES string of the molecule is CC(C)[C@@H]1CC[C@@H](C)C[C@H]1O[Si](Cl)(Cl)C(C)(C)C. The zero-order valence-electron chi connectivity index (χ0n) is 12.6. The van der Waals surface area contributed by atoms with E-state index in [-0.39, 0.29) is 11.1 Å². The molecule has 1 saturated carbocycles. The molecule has 0 bridgehead atoms. The van der Waals surface area contributed by atoms with E-state index in [9.17, 15) is 0 Å². The molecule has 0 saturated heterocycles. The Morgan fingerprint density at radius 3 is 2.17 bits per heavy atom. The molecule has 1 fully saturated rings. The third kappa shape index (κ3) is 4.13. The van der Waals surface area contributed by atoms with Crippen LogP contribution >= 0.6 is 22.2 Å². The Balaban J connectivity index is 2.78. The summed E-state index contributed by atoms with van der Waals surface area (Å²) in [5, 5.41) is -0.141. The Morgan fingerprint density at radius 1 is 1.17 bits per heavy atom. The van der Waals surface area contributed by atoms with Gasteiger partial charge in [-0.2, -0.15) is 0 Å². The molecule has 0 unspecified atom stereocenters. The molecule has 0 aromatic heterocycles. The third-order valence-electron chi connectivity index (χ3n) is 4.13. The van der Waals surface area contributed by atoms with E-state index in [2.05, 4.69) is 41.5 Å². The molecule has 0 aromatic rings. The Morgan fingerprint density at radius 2 is 1.72 bits per heavy atom. The van der Waals surface area contributed by atoms with Crippen molar-refractivity contribution in [3.05, 3.63) is 0 Å². The highest BCUT2D eigenvalue weighted by molar-refractivity contribution is 7.43. The minimum atomic E-state index is -2.67. The number of halogens is 2. The average Bonchev–Trinajstić information content (AvgIpc) is 2.14. The second kappa shape index (κ2) is 6.03. The first-order valence-corrected chi connectivity index (χ1v) is 11.0. The fraction of sp³-hybridized carbons (Fsp3) is 1.00. The molecule has 4 heteroatoms. The van der Waals surface area contributed by atoms with Gasteiger partial charge in [-0.05, 0) is 30.6 Å². The average molecular weight is 311 g/mol.